The lowest BCUT2D eigenvalue weighted by molar-refractivity contribution is 0.188. The number of carbonyl (C=O) groups excluding carboxylic acids is 1. The van der Waals surface area contributed by atoms with E-state index in [9.17, 15) is 4.79 Å². The number of rotatable bonds is 8. The second-order valence-corrected chi connectivity index (χ2v) is 6.44. The zero-order chi connectivity index (χ0) is 17.4. The molecule has 1 aromatic carbocycles. The maximum absolute atomic E-state index is 12.4. The van der Waals surface area contributed by atoms with Gasteiger partial charge in [0.05, 0.1) is 13.2 Å². The molecule has 1 aromatic rings. The van der Waals surface area contributed by atoms with Crippen LogP contribution in [-0.2, 0) is 0 Å². The van der Waals surface area contributed by atoms with E-state index in [4.69, 9.17) is 4.74 Å². The van der Waals surface area contributed by atoms with E-state index in [1.54, 1.807) is 12.0 Å². The van der Waals surface area contributed by atoms with Crippen molar-refractivity contribution < 1.29 is 9.53 Å². The first-order valence-electron chi connectivity index (χ1n) is 9.02. The molecule has 1 aliphatic rings. The van der Waals surface area contributed by atoms with E-state index in [2.05, 4.69) is 17.1 Å². The summed E-state index contributed by atoms with van der Waals surface area (Å²) >= 11 is 0. The second-order valence-electron chi connectivity index (χ2n) is 6.44. The summed E-state index contributed by atoms with van der Waals surface area (Å²) in [5.41, 5.74) is 1.13. The molecule has 0 bridgehead atoms. The molecule has 1 heterocycles. The molecule has 1 unspecified atom stereocenters. The normalized spacial score (nSPS) is 16.0. The molecule has 5 heteroatoms. The van der Waals surface area contributed by atoms with Gasteiger partial charge in [0.2, 0.25) is 0 Å². The largest absolute Gasteiger partial charge is 0.497 e. The third-order valence-electron chi connectivity index (χ3n) is 4.80. The van der Waals surface area contributed by atoms with E-state index >= 15 is 0 Å². The number of likely N-dealkylation sites (tertiary alicyclic amines) is 1. The molecule has 0 radical (unpaired) electrons. The number of urea groups is 1. The van der Waals surface area contributed by atoms with E-state index < -0.39 is 0 Å². The first-order chi connectivity index (χ1) is 11.7. The Morgan fingerprint density at radius 3 is 2.54 bits per heavy atom. The van der Waals surface area contributed by atoms with Crippen molar-refractivity contribution in [2.45, 2.75) is 38.6 Å². The minimum atomic E-state index is -0.000843. The fourth-order valence-electron chi connectivity index (χ4n) is 3.33. The Bertz CT molecular complexity index is 498. The highest BCUT2D eigenvalue weighted by Gasteiger charge is 2.20. The minimum Gasteiger partial charge on any atom is -0.497 e. The smallest absolute Gasteiger partial charge is 0.317 e. The van der Waals surface area contributed by atoms with Crippen LogP contribution in [0.25, 0.3) is 0 Å². The lowest BCUT2D eigenvalue weighted by atomic mass is 10.0. The monoisotopic (exact) mass is 333 g/mol. The average Bonchev–Trinajstić information content (AvgIpc) is 3.13. The third-order valence-corrected chi connectivity index (χ3v) is 4.80. The Morgan fingerprint density at radius 2 is 1.96 bits per heavy atom. The number of methoxy groups -OCH3 is 1. The summed E-state index contributed by atoms with van der Waals surface area (Å²) in [4.78, 5) is 16.7. The molecule has 1 atom stereocenters. The SMILES string of the molecule is CCC(c1ccc(OC)cc1)N(C)C(=O)NCCCN1CCCC1. The van der Waals surface area contributed by atoms with Crippen molar-refractivity contribution >= 4 is 6.03 Å². The molecule has 0 saturated carbocycles. The Balaban J connectivity index is 1.80. The Hall–Kier alpha value is -1.75. The van der Waals surface area contributed by atoms with Crippen LogP contribution >= 0.6 is 0 Å². The summed E-state index contributed by atoms with van der Waals surface area (Å²) in [6.07, 6.45) is 4.52. The maximum atomic E-state index is 12.4. The summed E-state index contributed by atoms with van der Waals surface area (Å²) in [7, 11) is 3.53. The molecule has 5 nitrogen and oxygen atoms in total. The Labute approximate surface area is 146 Å². The quantitative estimate of drug-likeness (QED) is 0.743. The number of nitrogens with one attached hydrogen (secondary N) is 1. The topological polar surface area (TPSA) is 44.8 Å². The van der Waals surface area contributed by atoms with Gasteiger partial charge in [0.15, 0.2) is 0 Å². The first-order valence-corrected chi connectivity index (χ1v) is 9.02. The molecule has 0 spiro atoms. The summed E-state index contributed by atoms with van der Waals surface area (Å²) in [5.74, 6) is 0.836. The average molecular weight is 333 g/mol. The van der Waals surface area contributed by atoms with Crippen molar-refractivity contribution in [1.29, 1.82) is 0 Å². The van der Waals surface area contributed by atoms with Crippen molar-refractivity contribution in [3.63, 3.8) is 0 Å². The maximum Gasteiger partial charge on any atom is 0.317 e. The van der Waals surface area contributed by atoms with Gasteiger partial charge in [-0.1, -0.05) is 19.1 Å². The fraction of sp³-hybridized carbons (Fsp3) is 0.632. The molecule has 134 valence electrons. The van der Waals surface area contributed by atoms with Gasteiger partial charge in [-0.25, -0.2) is 4.79 Å². The van der Waals surface area contributed by atoms with Crippen LogP contribution in [0.2, 0.25) is 0 Å². The lowest BCUT2D eigenvalue weighted by Gasteiger charge is -2.28. The van der Waals surface area contributed by atoms with Crippen LogP contribution < -0.4 is 10.1 Å². The van der Waals surface area contributed by atoms with Crippen LogP contribution in [0.1, 0.15) is 44.2 Å². The molecular formula is C19H31N3O2. The van der Waals surface area contributed by atoms with Gasteiger partial charge >= 0.3 is 6.03 Å². The predicted molar refractivity (Wildman–Crippen MR) is 97.5 cm³/mol. The van der Waals surface area contributed by atoms with Gasteiger partial charge in [0.25, 0.3) is 0 Å². The second kappa shape index (κ2) is 9.52. The third kappa shape index (κ3) is 5.13. The summed E-state index contributed by atoms with van der Waals surface area (Å²) < 4.78 is 5.20. The first kappa shape index (κ1) is 18.6. The molecular weight excluding hydrogens is 302 g/mol. The van der Waals surface area contributed by atoms with Crippen molar-refractivity contribution in [1.82, 2.24) is 15.1 Å². The van der Waals surface area contributed by atoms with Crippen LogP contribution in [0.5, 0.6) is 5.75 Å². The molecule has 1 fully saturated rings. The number of ether oxygens (including phenoxy) is 1. The number of hydrogen-bond acceptors (Lipinski definition) is 3. The van der Waals surface area contributed by atoms with Gasteiger partial charge in [-0.15, -0.1) is 0 Å². The number of carbonyl (C=O) groups is 1. The van der Waals surface area contributed by atoms with Gasteiger partial charge in [-0.05, 0) is 63.0 Å². The van der Waals surface area contributed by atoms with Crippen molar-refractivity contribution in [3.8, 4) is 5.75 Å². The highest BCUT2D eigenvalue weighted by Crippen LogP contribution is 2.24. The summed E-state index contributed by atoms with van der Waals surface area (Å²) in [6.45, 7) is 6.34. The number of benzene rings is 1. The van der Waals surface area contributed by atoms with Crippen molar-refractivity contribution in [2.24, 2.45) is 0 Å². The predicted octanol–water partition coefficient (Wildman–Crippen LogP) is 3.27. The van der Waals surface area contributed by atoms with E-state index in [0.717, 1.165) is 37.2 Å². The minimum absolute atomic E-state index is 0.000843. The van der Waals surface area contributed by atoms with Crippen LogP contribution in [0.4, 0.5) is 4.79 Å². The van der Waals surface area contributed by atoms with Crippen molar-refractivity contribution in [3.05, 3.63) is 29.8 Å². The molecule has 1 N–H and O–H groups in total. The Morgan fingerprint density at radius 1 is 1.29 bits per heavy atom. The van der Waals surface area contributed by atoms with Crippen molar-refractivity contribution in [2.75, 3.05) is 40.3 Å². The van der Waals surface area contributed by atoms with Gasteiger partial charge in [-0.2, -0.15) is 0 Å². The number of hydrogen-bond donors (Lipinski definition) is 1. The molecule has 1 aliphatic heterocycles. The lowest BCUT2D eigenvalue weighted by Crippen LogP contribution is -2.40. The van der Waals surface area contributed by atoms with E-state index in [1.165, 1.54) is 25.9 Å². The molecule has 1 saturated heterocycles. The van der Waals surface area contributed by atoms with Crippen LogP contribution in [-0.4, -0.2) is 56.2 Å². The van der Waals surface area contributed by atoms with E-state index in [-0.39, 0.29) is 12.1 Å². The van der Waals surface area contributed by atoms with Gasteiger partial charge in [0.1, 0.15) is 5.75 Å². The zero-order valence-electron chi connectivity index (χ0n) is 15.3. The fourth-order valence-corrected chi connectivity index (χ4v) is 3.33. The van der Waals surface area contributed by atoms with E-state index in [1.807, 2.05) is 31.3 Å². The zero-order valence-corrected chi connectivity index (χ0v) is 15.3. The highest BCUT2D eigenvalue weighted by atomic mass is 16.5. The standard InChI is InChI=1S/C19H31N3O2/c1-4-18(16-8-10-17(24-3)11-9-16)21(2)19(23)20-12-7-15-22-13-5-6-14-22/h8-11,18H,4-7,12-15H2,1-3H3,(H,20,23). The number of amides is 2. The molecule has 2 amide bonds. The van der Waals surface area contributed by atoms with Crippen LogP contribution in [0.15, 0.2) is 24.3 Å². The summed E-state index contributed by atoms with van der Waals surface area (Å²) in [5, 5.41) is 3.05. The Kier molecular flexibility index (Phi) is 7.37. The molecule has 0 aromatic heterocycles. The van der Waals surface area contributed by atoms with E-state index in [0.29, 0.717) is 0 Å². The molecule has 24 heavy (non-hydrogen) atoms. The van der Waals surface area contributed by atoms with Gasteiger partial charge in [-0.3, -0.25) is 0 Å². The molecule has 2 rings (SSSR count). The van der Waals surface area contributed by atoms with Crippen LogP contribution in [0, 0.1) is 0 Å². The molecule has 0 aliphatic carbocycles. The highest BCUT2D eigenvalue weighted by molar-refractivity contribution is 5.74. The number of nitrogens with zero attached hydrogens (tertiary/aromatic N) is 2. The summed E-state index contributed by atoms with van der Waals surface area (Å²) in [6, 6.07) is 8.03. The van der Waals surface area contributed by atoms with Crippen LogP contribution in [0.3, 0.4) is 0 Å². The van der Waals surface area contributed by atoms with Gasteiger partial charge in [0, 0.05) is 13.6 Å². The van der Waals surface area contributed by atoms with Gasteiger partial charge < -0.3 is 19.9 Å².